The molecule has 0 unspecified atom stereocenters. The molecule has 3 heteroatoms. The number of hydrogen-bond acceptors (Lipinski definition) is 2. The third kappa shape index (κ3) is 6.12. The molecule has 0 bridgehead atoms. The van der Waals surface area contributed by atoms with E-state index in [4.69, 9.17) is 15.4 Å². The highest BCUT2D eigenvalue weighted by molar-refractivity contribution is 6.17. The fourth-order valence-corrected chi connectivity index (χ4v) is 9.16. The van der Waals surface area contributed by atoms with Crippen LogP contribution in [0, 0.1) is 0 Å². The molecule has 0 amide bonds. The minimum absolute atomic E-state index is 0.127. The molecule has 0 N–H and O–H groups in total. The molecule has 3 nitrogen and oxygen atoms in total. The first-order valence-corrected chi connectivity index (χ1v) is 21.2. The first-order chi connectivity index (χ1) is 37.7. The van der Waals surface area contributed by atoms with Crippen LogP contribution in [0.25, 0.3) is 104 Å². The first-order valence-electron chi connectivity index (χ1n) is 27.7. The van der Waals surface area contributed by atoms with Crippen LogP contribution in [0.2, 0.25) is 0 Å². The number of aromatic nitrogens is 1. The van der Waals surface area contributed by atoms with Crippen molar-refractivity contribution in [3.05, 3.63) is 242 Å². The topological polar surface area (TPSA) is 21.3 Å². The SMILES string of the molecule is [2H]c1c([2H])c(N(c2ccc(-c3cccc(-n4c5ccccc5c5ccccc54)c3)cc2)c2ccc(-c3cccc4ccccc34)cc2)c([2H])c([2H])c1-c1c([2H])c([2H])c([2H])c2c1oc1c3c([2H])c([2H])c([2H])c([2H])c3c([2H])c([2H])c12. The fourth-order valence-electron chi connectivity index (χ4n) is 9.16. The van der Waals surface area contributed by atoms with Gasteiger partial charge in [0.15, 0.2) is 0 Å². The number of benzene rings is 11. The maximum absolute atomic E-state index is 9.80. The molecule has 0 aliphatic rings. The average molecular weight is 842 g/mol. The summed E-state index contributed by atoms with van der Waals surface area (Å²) < 4.78 is 127. The average Bonchev–Trinajstić information content (AvgIpc) is 4.25. The molecule has 0 saturated heterocycles. The van der Waals surface area contributed by atoms with Crippen LogP contribution in [-0.4, -0.2) is 4.57 Å². The van der Waals surface area contributed by atoms with Crippen molar-refractivity contribution in [1.82, 2.24) is 4.57 Å². The molecular weight excluding hydrogens is 789 g/mol. The maximum atomic E-state index is 9.80. The summed E-state index contributed by atoms with van der Waals surface area (Å²) in [4.78, 5) is 1.65. The van der Waals surface area contributed by atoms with E-state index >= 15 is 0 Å². The summed E-state index contributed by atoms with van der Waals surface area (Å²) in [5.41, 5.74) is 6.23. The molecule has 13 rings (SSSR count). The summed E-state index contributed by atoms with van der Waals surface area (Å²) in [5.74, 6) is 0. The summed E-state index contributed by atoms with van der Waals surface area (Å²) in [6, 6.07) is 46.5. The van der Waals surface area contributed by atoms with Gasteiger partial charge in [-0.15, -0.1) is 0 Å². The van der Waals surface area contributed by atoms with Crippen LogP contribution in [0.4, 0.5) is 17.1 Å². The molecule has 2 heterocycles. The molecule has 0 aliphatic heterocycles. The van der Waals surface area contributed by atoms with Gasteiger partial charge in [0.1, 0.15) is 11.2 Å². The number of furan rings is 1. The molecule has 11 aromatic carbocycles. The molecule has 0 radical (unpaired) electrons. The van der Waals surface area contributed by atoms with E-state index in [0.717, 1.165) is 60.5 Å². The van der Waals surface area contributed by atoms with E-state index in [1.165, 1.54) is 0 Å². The monoisotopic (exact) mass is 841 g/mol. The van der Waals surface area contributed by atoms with Crippen molar-refractivity contribution < 1.29 is 22.2 Å². The van der Waals surface area contributed by atoms with Gasteiger partial charge in [0.05, 0.1) is 28.9 Å². The predicted molar refractivity (Wildman–Crippen MR) is 274 cm³/mol. The summed E-state index contributed by atoms with van der Waals surface area (Å²) in [6.45, 7) is 0. The second-order valence-electron chi connectivity index (χ2n) is 15.9. The number of para-hydroxylation sites is 3. The van der Waals surface area contributed by atoms with E-state index in [-0.39, 0.29) is 44.0 Å². The highest BCUT2D eigenvalue weighted by atomic mass is 16.3. The minimum atomic E-state index is -0.685. The lowest BCUT2D eigenvalue weighted by atomic mass is 9.98. The molecule has 0 fully saturated rings. The fraction of sp³-hybridized carbons (Fsp3) is 0. The number of fused-ring (bicyclic) bond motifs is 9. The van der Waals surface area contributed by atoms with Gasteiger partial charge in [-0.05, 0) is 111 Å². The third-order valence-corrected chi connectivity index (χ3v) is 12.2. The van der Waals surface area contributed by atoms with Gasteiger partial charge >= 0.3 is 0 Å². The second kappa shape index (κ2) is 15.0. The molecule has 2 aromatic heterocycles. The van der Waals surface area contributed by atoms with Crippen molar-refractivity contribution in [3.63, 3.8) is 0 Å². The van der Waals surface area contributed by atoms with Crippen molar-refractivity contribution in [2.45, 2.75) is 0 Å². The van der Waals surface area contributed by atoms with Gasteiger partial charge in [-0.1, -0.05) is 176 Å². The van der Waals surface area contributed by atoms with E-state index in [0.29, 0.717) is 11.4 Å². The van der Waals surface area contributed by atoms with Crippen LogP contribution in [0.15, 0.2) is 247 Å². The van der Waals surface area contributed by atoms with Crippen molar-refractivity contribution in [3.8, 4) is 39.1 Å². The highest BCUT2D eigenvalue weighted by Gasteiger charge is 2.18. The van der Waals surface area contributed by atoms with Crippen LogP contribution < -0.4 is 4.90 Å². The van der Waals surface area contributed by atoms with Crippen LogP contribution in [0.3, 0.4) is 0 Å². The Morgan fingerprint density at radius 3 is 1.75 bits per heavy atom. The Kier molecular flexibility index (Phi) is 6.02. The van der Waals surface area contributed by atoms with Gasteiger partial charge in [-0.2, -0.15) is 0 Å². The Labute approximate surface area is 394 Å². The van der Waals surface area contributed by atoms with Gasteiger partial charge in [-0.3, -0.25) is 0 Å². The van der Waals surface area contributed by atoms with Gasteiger partial charge in [0.2, 0.25) is 0 Å². The van der Waals surface area contributed by atoms with Gasteiger partial charge < -0.3 is 13.9 Å². The molecule has 0 spiro atoms. The van der Waals surface area contributed by atoms with Crippen LogP contribution in [0.5, 0.6) is 0 Å². The molecule has 0 atom stereocenters. The lowest BCUT2D eigenvalue weighted by molar-refractivity contribution is 0.674. The Bertz CT molecular complexity index is 4630. The van der Waals surface area contributed by atoms with Gasteiger partial charge in [-0.25, -0.2) is 0 Å². The van der Waals surface area contributed by atoms with E-state index in [2.05, 4.69) is 47.0 Å². The zero-order valence-corrected chi connectivity index (χ0v) is 34.4. The summed E-state index contributed by atoms with van der Waals surface area (Å²) in [5, 5.41) is 3.38. The van der Waals surface area contributed by atoms with E-state index in [1.54, 1.807) is 4.90 Å². The first kappa shape index (κ1) is 26.1. The Balaban J connectivity index is 0.995. The minimum Gasteiger partial charge on any atom is -0.455 e. The quantitative estimate of drug-likeness (QED) is 0.159. The standard InChI is InChI=1S/C62H40N2O/c1-3-17-51-42(12-1)14-10-21-52(51)44-28-35-48(36-29-44)63(49-37-30-45(31-38-49)54-22-11-23-57-58-39-32-43-13-2-4-18-53(43)62(58)65-61(54)57)47-33-26-41(27-34-47)46-15-9-16-50(40-46)64-59-24-7-5-19-55(59)56-20-6-8-25-60(56)64/h1-40H/i2D,4D,11D,13D,18D,22D,23D,30D,31D,32D,37D,38D,39D. The zero-order valence-electron chi connectivity index (χ0n) is 47.4. The number of rotatable bonds is 7. The van der Waals surface area contributed by atoms with E-state index in [1.807, 2.05) is 121 Å². The number of hydrogen-bond donors (Lipinski definition) is 0. The molecule has 304 valence electrons. The zero-order chi connectivity index (χ0) is 54.2. The molecular formula is C62H40N2O. The lowest BCUT2D eigenvalue weighted by Gasteiger charge is -2.26. The molecule has 0 saturated carbocycles. The Hall–Kier alpha value is -8.66. The lowest BCUT2D eigenvalue weighted by Crippen LogP contribution is -2.09. The summed E-state index contributed by atoms with van der Waals surface area (Å²) in [6.07, 6.45) is 0. The molecule has 13 aromatic rings. The number of anilines is 3. The van der Waals surface area contributed by atoms with E-state index < -0.39 is 84.1 Å². The Morgan fingerprint density at radius 2 is 0.985 bits per heavy atom. The second-order valence-corrected chi connectivity index (χ2v) is 15.9. The normalized spacial score (nSPS) is 14.5. The van der Waals surface area contributed by atoms with E-state index in [9.17, 15) is 6.85 Å². The highest BCUT2D eigenvalue weighted by Crippen LogP contribution is 2.42. The predicted octanol–water partition coefficient (Wildman–Crippen LogP) is 17.5. The third-order valence-electron chi connectivity index (χ3n) is 12.2. The summed E-state index contributed by atoms with van der Waals surface area (Å²) in [7, 11) is 0. The summed E-state index contributed by atoms with van der Waals surface area (Å²) >= 11 is 0. The smallest absolute Gasteiger partial charge is 0.143 e. The largest absolute Gasteiger partial charge is 0.455 e. The van der Waals surface area contributed by atoms with Gasteiger partial charge in [0, 0.05) is 55.2 Å². The van der Waals surface area contributed by atoms with Crippen molar-refractivity contribution in [2.75, 3.05) is 4.90 Å². The number of nitrogens with zero attached hydrogens (tertiary/aromatic N) is 2. The maximum Gasteiger partial charge on any atom is 0.143 e. The molecule has 65 heavy (non-hydrogen) atoms. The molecule has 0 aliphatic carbocycles. The van der Waals surface area contributed by atoms with Crippen molar-refractivity contribution in [1.29, 1.82) is 0 Å². The van der Waals surface area contributed by atoms with Crippen LogP contribution in [0.1, 0.15) is 17.8 Å². The van der Waals surface area contributed by atoms with Crippen molar-refractivity contribution in [2.24, 2.45) is 0 Å². The Morgan fingerprint density at radius 1 is 0.354 bits per heavy atom. The van der Waals surface area contributed by atoms with Crippen molar-refractivity contribution >= 4 is 82.4 Å². The van der Waals surface area contributed by atoms with Gasteiger partial charge in [0.25, 0.3) is 0 Å². The van der Waals surface area contributed by atoms with Crippen LogP contribution in [-0.2, 0) is 0 Å². The van der Waals surface area contributed by atoms with Crippen LogP contribution >= 0.6 is 0 Å².